The number of carbonyl (C=O) groups excluding carboxylic acids is 1. The van der Waals surface area contributed by atoms with E-state index in [4.69, 9.17) is 5.73 Å². The van der Waals surface area contributed by atoms with E-state index in [1.807, 2.05) is 12.1 Å². The fourth-order valence-corrected chi connectivity index (χ4v) is 1.29. The molecule has 0 bridgehead atoms. The third-order valence-electron chi connectivity index (χ3n) is 1.92. The average molecular weight is 160 g/mol. The van der Waals surface area contributed by atoms with Gasteiger partial charge in [0, 0.05) is 17.3 Å². The summed E-state index contributed by atoms with van der Waals surface area (Å²) in [5, 5.41) is 1.01. The van der Waals surface area contributed by atoms with Crippen LogP contribution < -0.4 is 5.73 Å². The summed E-state index contributed by atoms with van der Waals surface area (Å²) in [7, 11) is 0. The Hall–Kier alpha value is -1.77. The molecule has 0 amide bonds. The van der Waals surface area contributed by atoms with Crippen LogP contribution >= 0.6 is 0 Å². The first-order valence-corrected chi connectivity index (χ1v) is 3.63. The van der Waals surface area contributed by atoms with Gasteiger partial charge in [-0.15, -0.1) is 0 Å². The first kappa shape index (κ1) is 6.91. The number of aldehydes is 1. The van der Waals surface area contributed by atoms with Crippen molar-refractivity contribution in [3.8, 4) is 0 Å². The molecule has 12 heavy (non-hydrogen) atoms. The predicted molar refractivity (Wildman–Crippen MR) is 48.1 cm³/mol. The van der Waals surface area contributed by atoms with Crippen LogP contribution in [0.5, 0.6) is 0 Å². The second-order valence-corrected chi connectivity index (χ2v) is 2.63. The average Bonchev–Trinajstić information content (AvgIpc) is 2.52. The molecule has 60 valence electrons. The summed E-state index contributed by atoms with van der Waals surface area (Å²) < 4.78 is 0. The number of rotatable bonds is 1. The van der Waals surface area contributed by atoms with E-state index in [-0.39, 0.29) is 0 Å². The number of anilines is 1. The minimum absolute atomic E-state index is 0.514. The van der Waals surface area contributed by atoms with Crippen molar-refractivity contribution >= 4 is 22.9 Å². The van der Waals surface area contributed by atoms with Crippen molar-refractivity contribution in [2.24, 2.45) is 0 Å². The Balaban J connectivity index is 2.91. The Morgan fingerprint density at radius 3 is 2.92 bits per heavy atom. The first-order valence-electron chi connectivity index (χ1n) is 3.63. The Kier molecular flexibility index (Phi) is 1.37. The van der Waals surface area contributed by atoms with Gasteiger partial charge in [-0.25, -0.2) is 0 Å². The zero-order valence-electron chi connectivity index (χ0n) is 6.37. The highest BCUT2D eigenvalue weighted by Crippen LogP contribution is 2.20. The second kappa shape index (κ2) is 2.37. The monoisotopic (exact) mass is 160 g/mol. The maximum absolute atomic E-state index is 10.6. The molecule has 0 fully saturated rings. The molecular formula is C9H8N2O. The molecule has 3 heteroatoms. The van der Waals surface area contributed by atoms with E-state index >= 15 is 0 Å². The summed E-state index contributed by atoms with van der Waals surface area (Å²) in [6, 6.07) is 5.52. The van der Waals surface area contributed by atoms with Gasteiger partial charge in [-0.3, -0.25) is 4.79 Å². The van der Waals surface area contributed by atoms with Crippen LogP contribution in [-0.4, -0.2) is 11.3 Å². The Labute approximate surface area is 69.2 Å². The highest BCUT2D eigenvalue weighted by atomic mass is 16.1. The third-order valence-corrected chi connectivity index (χ3v) is 1.92. The lowest BCUT2D eigenvalue weighted by atomic mass is 10.1. The summed E-state index contributed by atoms with van der Waals surface area (Å²) in [6.07, 6.45) is 2.56. The third kappa shape index (κ3) is 0.797. The molecule has 0 spiro atoms. The number of carbonyl (C=O) groups is 1. The number of H-pyrrole nitrogens is 1. The molecule has 0 saturated heterocycles. The van der Waals surface area contributed by atoms with Gasteiger partial charge in [0.25, 0.3) is 0 Å². The fraction of sp³-hybridized carbons (Fsp3) is 0. The van der Waals surface area contributed by atoms with Crippen LogP contribution in [0, 0.1) is 0 Å². The van der Waals surface area contributed by atoms with E-state index in [0.29, 0.717) is 11.3 Å². The molecule has 2 aromatic rings. The van der Waals surface area contributed by atoms with Crippen LogP contribution in [0.15, 0.2) is 24.4 Å². The molecule has 2 rings (SSSR count). The van der Waals surface area contributed by atoms with Gasteiger partial charge in [0.05, 0.1) is 11.1 Å². The molecule has 0 atom stereocenters. The van der Waals surface area contributed by atoms with E-state index in [9.17, 15) is 4.79 Å². The number of aromatic nitrogens is 1. The van der Waals surface area contributed by atoms with Crippen molar-refractivity contribution in [2.45, 2.75) is 0 Å². The molecule has 3 N–H and O–H groups in total. The molecule has 0 aliphatic carbocycles. The maximum atomic E-state index is 10.6. The van der Waals surface area contributed by atoms with Crippen LogP contribution in [0.25, 0.3) is 10.9 Å². The van der Waals surface area contributed by atoms with E-state index < -0.39 is 0 Å². The number of fused-ring (bicyclic) bond motifs is 1. The van der Waals surface area contributed by atoms with Gasteiger partial charge in [-0.2, -0.15) is 0 Å². The van der Waals surface area contributed by atoms with Crippen molar-refractivity contribution < 1.29 is 4.79 Å². The van der Waals surface area contributed by atoms with Crippen LogP contribution in [-0.2, 0) is 0 Å². The smallest absolute Gasteiger partial charge is 0.154 e. The molecule has 1 heterocycles. The molecule has 0 aliphatic rings. The van der Waals surface area contributed by atoms with E-state index in [1.165, 1.54) is 0 Å². The van der Waals surface area contributed by atoms with Gasteiger partial charge >= 0.3 is 0 Å². The van der Waals surface area contributed by atoms with Gasteiger partial charge in [0.15, 0.2) is 6.29 Å². The molecule has 0 unspecified atom stereocenters. The van der Waals surface area contributed by atoms with Gasteiger partial charge < -0.3 is 10.7 Å². The summed E-state index contributed by atoms with van der Waals surface area (Å²) in [4.78, 5) is 13.6. The topological polar surface area (TPSA) is 58.9 Å². The number of nitrogen functional groups attached to an aromatic ring is 1. The van der Waals surface area contributed by atoms with Crippen molar-refractivity contribution in [1.82, 2.24) is 4.98 Å². The maximum Gasteiger partial charge on any atom is 0.154 e. The van der Waals surface area contributed by atoms with E-state index in [2.05, 4.69) is 4.98 Å². The van der Waals surface area contributed by atoms with Crippen LogP contribution in [0.2, 0.25) is 0 Å². The van der Waals surface area contributed by atoms with Crippen molar-refractivity contribution in [3.63, 3.8) is 0 Å². The second-order valence-electron chi connectivity index (χ2n) is 2.63. The Morgan fingerprint density at radius 1 is 1.33 bits per heavy atom. The van der Waals surface area contributed by atoms with E-state index in [0.717, 1.165) is 17.2 Å². The molecule has 1 aromatic heterocycles. The predicted octanol–water partition coefficient (Wildman–Crippen LogP) is 1.56. The van der Waals surface area contributed by atoms with Crippen molar-refractivity contribution in [2.75, 3.05) is 5.73 Å². The Morgan fingerprint density at radius 2 is 2.17 bits per heavy atom. The molecular weight excluding hydrogens is 152 g/mol. The summed E-state index contributed by atoms with van der Waals surface area (Å²) in [5.74, 6) is 0. The number of hydrogen-bond donors (Lipinski definition) is 2. The van der Waals surface area contributed by atoms with Gasteiger partial charge in [-0.05, 0) is 12.1 Å². The van der Waals surface area contributed by atoms with Crippen LogP contribution in [0.4, 0.5) is 5.69 Å². The van der Waals surface area contributed by atoms with Crippen molar-refractivity contribution in [3.05, 3.63) is 30.0 Å². The standard InChI is InChI=1S/C9H8N2O/c10-8-2-1-6-3-4-11-9(6)7(8)5-12/h1-5,11H,10H2. The minimum Gasteiger partial charge on any atom is -0.398 e. The minimum atomic E-state index is 0.514. The van der Waals surface area contributed by atoms with Gasteiger partial charge in [-0.1, -0.05) is 6.07 Å². The SMILES string of the molecule is Nc1ccc2cc[nH]c2c1C=O. The lowest BCUT2D eigenvalue weighted by Gasteiger charge is -1.98. The van der Waals surface area contributed by atoms with Gasteiger partial charge in [0.1, 0.15) is 0 Å². The zero-order valence-corrected chi connectivity index (χ0v) is 6.37. The van der Waals surface area contributed by atoms with Crippen LogP contribution in [0.1, 0.15) is 10.4 Å². The number of nitrogens with two attached hydrogens (primary N) is 1. The highest BCUT2D eigenvalue weighted by Gasteiger charge is 2.03. The van der Waals surface area contributed by atoms with Crippen molar-refractivity contribution in [1.29, 1.82) is 0 Å². The summed E-state index contributed by atoms with van der Waals surface area (Å²) in [6.45, 7) is 0. The Bertz CT molecular complexity index is 431. The highest BCUT2D eigenvalue weighted by molar-refractivity contribution is 6.01. The van der Waals surface area contributed by atoms with Crippen LogP contribution in [0.3, 0.4) is 0 Å². The lowest BCUT2D eigenvalue weighted by Crippen LogP contribution is -1.93. The summed E-state index contributed by atoms with van der Waals surface area (Å²) in [5.41, 5.74) is 7.47. The molecule has 3 nitrogen and oxygen atoms in total. The molecule has 0 saturated carbocycles. The molecule has 0 radical (unpaired) electrons. The normalized spacial score (nSPS) is 10.3. The fourth-order valence-electron chi connectivity index (χ4n) is 1.29. The number of benzene rings is 1. The number of hydrogen-bond acceptors (Lipinski definition) is 2. The molecule has 0 aliphatic heterocycles. The lowest BCUT2D eigenvalue weighted by molar-refractivity contribution is 0.112. The summed E-state index contributed by atoms with van der Waals surface area (Å²) >= 11 is 0. The number of aromatic amines is 1. The van der Waals surface area contributed by atoms with Gasteiger partial charge in [0.2, 0.25) is 0 Å². The van der Waals surface area contributed by atoms with E-state index in [1.54, 1.807) is 12.3 Å². The number of nitrogens with one attached hydrogen (secondary N) is 1. The zero-order chi connectivity index (χ0) is 8.55. The first-order chi connectivity index (χ1) is 5.83. The largest absolute Gasteiger partial charge is 0.398 e. The quantitative estimate of drug-likeness (QED) is 0.491. The molecule has 1 aromatic carbocycles.